The number of aromatic carboxylic acids is 1. The SMILES string of the molecule is O=C1CC2(C(=O)Nc3cc(F)ccc32)c2sc(C(=O)O)c(-c3ccc(Cl)cc3)c2N1. The zero-order chi connectivity index (χ0) is 21.2. The van der Waals surface area contributed by atoms with Gasteiger partial charge < -0.3 is 15.7 Å². The lowest BCUT2D eigenvalue weighted by Crippen LogP contribution is -2.42. The smallest absolute Gasteiger partial charge is 0.346 e. The second-order valence-electron chi connectivity index (χ2n) is 7.10. The number of anilines is 2. The minimum Gasteiger partial charge on any atom is -0.477 e. The predicted octanol–water partition coefficient (Wildman–Crippen LogP) is 4.49. The van der Waals surface area contributed by atoms with E-state index in [1.165, 1.54) is 18.2 Å². The number of benzene rings is 2. The highest BCUT2D eigenvalue weighted by Crippen LogP contribution is 2.56. The molecule has 3 N–H and O–H groups in total. The normalized spacial score (nSPS) is 19.3. The van der Waals surface area contributed by atoms with Crippen LogP contribution in [-0.2, 0) is 15.0 Å². The highest BCUT2D eigenvalue weighted by atomic mass is 35.5. The first-order chi connectivity index (χ1) is 14.3. The van der Waals surface area contributed by atoms with E-state index >= 15 is 0 Å². The number of amides is 2. The minimum absolute atomic E-state index is 0.00717. The molecule has 5 rings (SSSR count). The summed E-state index contributed by atoms with van der Waals surface area (Å²) in [5.41, 5.74) is 0.452. The molecule has 0 saturated carbocycles. The molecule has 0 aliphatic carbocycles. The highest BCUT2D eigenvalue weighted by molar-refractivity contribution is 7.15. The standard InChI is InChI=1S/C21H12ClFN2O4S/c22-10-3-1-9(2-4-10)15-16-18(30-17(15)19(27)28)21(8-14(26)25-16)12-6-5-11(23)7-13(12)24-20(21)29/h1-7H,8H2,(H,24,29)(H,25,26)(H,27,28). The summed E-state index contributed by atoms with van der Waals surface area (Å²) in [5, 5.41) is 15.7. The van der Waals surface area contributed by atoms with E-state index in [2.05, 4.69) is 10.6 Å². The molecule has 0 fully saturated rings. The lowest BCUT2D eigenvalue weighted by Gasteiger charge is -2.31. The van der Waals surface area contributed by atoms with Gasteiger partial charge in [-0.15, -0.1) is 11.3 Å². The Kier molecular flexibility index (Phi) is 4.00. The maximum absolute atomic E-state index is 13.7. The van der Waals surface area contributed by atoms with Gasteiger partial charge in [0, 0.05) is 16.3 Å². The lowest BCUT2D eigenvalue weighted by atomic mass is 9.74. The fourth-order valence-electron chi connectivity index (χ4n) is 4.14. The van der Waals surface area contributed by atoms with Gasteiger partial charge in [-0.1, -0.05) is 29.8 Å². The summed E-state index contributed by atoms with van der Waals surface area (Å²) in [6.45, 7) is 0. The van der Waals surface area contributed by atoms with Crippen LogP contribution in [0.1, 0.15) is 26.5 Å². The highest BCUT2D eigenvalue weighted by Gasteiger charge is 2.55. The molecule has 0 saturated heterocycles. The zero-order valence-corrected chi connectivity index (χ0v) is 16.7. The molecular formula is C21H12ClFN2O4S. The topological polar surface area (TPSA) is 95.5 Å². The molecular weight excluding hydrogens is 431 g/mol. The van der Waals surface area contributed by atoms with Crippen molar-refractivity contribution in [3.8, 4) is 11.1 Å². The molecule has 2 aliphatic heterocycles. The van der Waals surface area contributed by atoms with Crippen LogP contribution >= 0.6 is 22.9 Å². The molecule has 6 nitrogen and oxygen atoms in total. The van der Waals surface area contributed by atoms with E-state index in [1.54, 1.807) is 24.3 Å². The molecule has 2 aromatic carbocycles. The number of thiophene rings is 1. The number of nitrogens with one attached hydrogen (secondary N) is 2. The summed E-state index contributed by atoms with van der Waals surface area (Å²) in [7, 11) is 0. The minimum atomic E-state index is -1.42. The molecule has 1 spiro atoms. The van der Waals surface area contributed by atoms with Crippen molar-refractivity contribution in [1.82, 2.24) is 0 Å². The van der Waals surface area contributed by atoms with E-state index in [-0.39, 0.29) is 22.7 Å². The molecule has 1 atom stereocenters. The van der Waals surface area contributed by atoms with E-state index in [4.69, 9.17) is 11.6 Å². The molecule has 0 bridgehead atoms. The second-order valence-corrected chi connectivity index (χ2v) is 8.55. The van der Waals surface area contributed by atoms with Crippen molar-refractivity contribution in [2.75, 3.05) is 10.6 Å². The van der Waals surface area contributed by atoms with Crippen molar-refractivity contribution in [3.63, 3.8) is 0 Å². The Balaban J connectivity index is 1.83. The molecule has 150 valence electrons. The first kappa shape index (κ1) is 18.8. The average Bonchev–Trinajstić information content (AvgIpc) is 3.19. The molecule has 30 heavy (non-hydrogen) atoms. The van der Waals surface area contributed by atoms with Gasteiger partial charge in [-0.05, 0) is 35.4 Å². The Morgan fingerprint density at radius 2 is 1.87 bits per heavy atom. The maximum Gasteiger partial charge on any atom is 0.346 e. The molecule has 2 amide bonds. The number of carboxylic acids is 1. The first-order valence-electron chi connectivity index (χ1n) is 8.89. The summed E-state index contributed by atoms with van der Waals surface area (Å²) < 4.78 is 13.7. The van der Waals surface area contributed by atoms with Crippen LogP contribution in [0.3, 0.4) is 0 Å². The van der Waals surface area contributed by atoms with Gasteiger partial charge in [-0.25, -0.2) is 9.18 Å². The third-order valence-corrected chi connectivity index (χ3v) is 6.98. The van der Waals surface area contributed by atoms with Crippen LogP contribution < -0.4 is 10.6 Å². The molecule has 9 heteroatoms. The number of halogens is 2. The monoisotopic (exact) mass is 442 g/mol. The van der Waals surface area contributed by atoms with Gasteiger partial charge in [0.2, 0.25) is 11.8 Å². The molecule has 1 aromatic heterocycles. The largest absolute Gasteiger partial charge is 0.477 e. The summed E-state index contributed by atoms with van der Waals surface area (Å²) in [5.74, 6) is -2.62. The maximum atomic E-state index is 13.7. The Morgan fingerprint density at radius 3 is 2.57 bits per heavy atom. The number of hydrogen-bond donors (Lipinski definition) is 3. The lowest BCUT2D eigenvalue weighted by molar-refractivity contribution is -0.125. The van der Waals surface area contributed by atoms with E-state index < -0.39 is 29.0 Å². The molecule has 2 aliphatic rings. The Labute approximate surface area is 178 Å². The summed E-state index contributed by atoms with van der Waals surface area (Å²) in [6, 6.07) is 10.4. The van der Waals surface area contributed by atoms with E-state index in [0.29, 0.717) is 26.6 Å². The van der Waals surface area contributed by atoms with E-state index in [9.17, 15) is 23.9 Å². The number of rotatable bonds is 2. The third kappa shape index (κ3) is 2.50. The van der Waals surface area contributed by atoms with Gasteiger partial charge in [0.1, 0.15) is 16.1 Å². The Hall–Kier alpha value is -3.23. The van der Waals surface area contributed by atoms with E-state index in [0.717, 1.165) is 11.3 Å². The van der Waals surface area contributed by atoms with Crippen LogP contribution in [0.2, 0.25) is 5.02 Å². The van der Waals surface area contributed by atoms with Crippen LogP contribution in [-0.4, -0.2) is 22.9 Å². The Morgan fingerprint density at radius 1 is 1.13 bits per heavy atom. The van der Waals surface area contributed by atoms with Crippen molar-refractivity contribution in [3.05, 3.63) is 68.6 Å². The first-order valence-corrected chi connectivity index (χ1v) is 10.1. The number of carbonyl (C=O) groups excluding carboxylic acids is 2. The van der Waals surface area contributed by atoms with Gasteiger partial charge in [-0.2, -0.15) is 0 Å². The van der Waals surface area contributed by atoms with Crippen molar-refractivity contribution >= 4 is 52.1 Å². The second kappa shape index (κ2) is 6.38. The molecule has 0 radical (unpaired) electrons. The fourth-order valence-corrected chi connectivity index (χ4v) is 5.59. The third-order valence-electron chi connectivity index (χ3n) is 5.39. The van der Waals surface area contributed by atoms with Gasteiger partial charge in [0.05, 0.1) is 17.0 Å². The molecule has 3 aromatic rings. The number of carboxylic acid groups (broad SMARTS) is 1. The molecule has 1 unspecified atom stereocenters. The van der Waals surface area contributed by atoms with E-state index in [1.807, 2.05) is 0 Å². The van der Waals surface area contributed by atoms with Crippen molar-refractivity contribution in [2.24, 2.45) is 0 Å². The van der Waals surface area contributed by atoms with Crippen LogP contribution in [0.5, 0.6) is 0 Å². The molecule has 3 heterocycles. The van der Waals surface area contributed by atoms with Crippen LogP contribution in [0.4, 0.5) is 15.8 Å². The van der Waals surface area contributed by atoms with Crippen LogP contribution in [0.15, 0.2) is 42.5 Å². The van der Waals surface area contributed by atoms with Crippen LogP contribution in [0.25, 0.3) is 11.1 Å². The van der Waals surface area contributed by atoms with Crippen molar-refractivity contribution in [1.29, 1.82) is 0 Å². The van der Waals surface area contributed by atoms with Gasteiger partial charge >= 0.3 is 5.97 Å². The van der Waals surface area contributed by atoms with Crippen molar-refractivity contribution in [2.45, 2.75) is 11.8 Å². The average molecular weight is 443 g/mol. The van der Waals surface area contributed by atoms with Gasteiger partial charge in [0.15, 0.2) is 0 Å². The number of hydrogen-bond acceptors (Lipinski definition) is 4. The summed E-state index contributed by atoms with van der Waals surface area (Å²) in [4.78, 5) is 38.3. The van der Waals surface area contributed by atoms with Gasteiger partial charge in [-0.3, -0.25) is 9.59 Å². The quantitative estimate of drug-likeness (QED) is 0.545. The van der Waals surface area contributed by atoms with Crippen molar-refractivity contribution < 1.29 is 23.9 Å². The fraction of sp³-hybridized carbons (Fsp3) is 0.0952. The Bertz CT molecular complexity index is 1270. The number of carbonyl (C=O) groups is 3. The zero-order valence-electron chi connectivity index (χ0n) is 15.1. The summed E-state index contributed by atoms with van der Waals surface area (Å²) >= 11 is 6.90. The van der Waals surface area contributed by atoms with Gasteiger partial charge in [0.25, 0.3) is 0 Å². The predicted molar refractivity (Wildman–Crippen MR) is 111 cm³/mol. The number of fused-ring (bicyclic) bond motifs is 4. The van der Waals surface area contributed by atoms with Crippen LogP contribution in [0, 0.1) is 5.82 Å². The summed E-state index contributed by atoms with van der Waals surface area (Å²) in [6.07, 6.45) is -0.204.